The first kappa shape index (κ1) is 15.7. The second kappa shape index (κ2) is 6.41. The van der Waals surface area contributed by atoms with E-state index in [4.69, 9.17) is 16.3 Å². The van der Waals surface area contributed by atoms with Crippen LogP contribution < -0.4 is 10.0 Å². The third kappa shape index (κ3) is 3.51. The maximum Gasteiger partial charge on any atom is 0.240 e. The Balaban J connectivity index is 2.11. The maximum atomic E-state index is 12.3. The van der Waals surface area contributed by atoms with Crippen LogP contribution in [0.15, 0.2) is 23.1 Å². The average Bonchev–Trinajstić information content (AvgIpc) is 2.36. The number of hydrogen-bond acceptors (Lipinski definition) is 4. The standard InChI is InChI=1S/C13H19ClN2O3S/c1-15-8-9-5-12(3-4-13(9)14)20(17,18)16-10-6-11(7-10)19-2/h3-5,10-11,15-16H,6-8H2,1-2H3. The van der Waals surface area contributed by atoms with E-state index in [1.54, 1.807) is 26.3 Å². The largest absolute Gasteiger partial charge is 0.381 e. The molecule has 7 heteroatoms. The van der Waals surface area contributed by atoms with Crippen LogP contribution in [0.3, 0.4) is 0 Å². The van der Waals surface area contributed by atoms with Crippen LogP contribution in [-0.2, 0) is 21.3 Å². The Morgan fingerprint density at radius 1 is 1.40 bits per heavy atom. The SMILES string of the molecule is CNCc1cc(S(=O)(=O)NC2CC(OC)C2)ccc1Cl. The number of nitrogens with one attached hydrogen (secondary N) is 2. The van der Waals surface area contributed by atoms with Crippen LogP contribution in [0, 0.1) is 0 Å². The lowest BCUT2D eigenvalue weighted by Gasteiger charge is -2.34. The highest BCUT2D eigenvalue weighted by molar-refractivity contribution is 7.89. The number of methoxy groups -OCH3 is 1. The minimum absolute atomic E-state index is 0.0478. The van der Waals surface area contributed by atoms with E-state index in [1.165, 1.54) is 6.07 Å². The Kier molecular flexibility index (Phi) is 5.04. The van der Waals surface area contributed by atoms with Crippen LogP contribution in [0.1, 0.15) is 18.4 Å². The van der Waals surface area contributed by atoms with Crippen molar-refractivity contribution in [2.24, 2.45) is 0 Å². The Labute approximate surface area is 124 Å². The third-order valence-corrected chi connectivity index (χ3v) is 5.33. The lowest BCUT2D eigenvalue weighted by atomic mass is 9.90. The van der Waals surface area contributed by atoms with Crippen molar-refractivity contribution in [2.75, 3.05) is 14.2 Å². The van der Waals surface area contributed by atoms with Crippen molar-refractivity contribution in [3.63, 3.8) is 0 Å². The number of ether oxygens (including phenoxy) is 1. The second-order valence-electron chi connectivity index (χ2n) is 4.93. The summed E-state index contributed by atoms with van der Waals surface area (Å²) < 4.78 is 32.4. The first-order valence-electron chi connectivity index (χ1n) is 6.44. The van der Waals surface area contributed by atoms with E-state index in [9.17, 15) is 8.42 Å². The zero-order valence-corrected chi connectivity index (χ0v) is 13.1. The van der Waals surface area contributed by atoms with E-state index in [0.717, 1.165) is 5.56 Å². The highest BCUT2D eigenvalue weighted by Crippen LogP contribution is 2.26. The number of benzene rings is 1. The van der Waals surface area contributed by atoms with Gasteiger partial charge in [-0.3, -0.25) is 0 Å². The molecule has 1 saturated carbocycles. The lowest BCUT2D eigenvalue weighted by Crippen LogP contribution is -2.47. The molecule has 0 atom stereocenters. The van der Waals surface area contributed by atoms with Gasteiger partial charge in [0.15, 0.2) is 0 Å². The van der Waals surface area contributed by atoms with Gasteiger partial charge in [0, 0.05) is 24.7 Å². The molecule has 0 saturated heterocycles. The van der Waals surface area contributed by atoms with Gasteiger partial charge >= 0.3 is 0 Å². The summed E-state index contributed by atoms with van der Waals surface area (Å²) in [6.45, 7) is 0.525. The molecule has 5 nitrogen and oxygen atoms in total. The van der Waals surface area contributed by atoms with Gasteiger partial charge in [-0.1, -0.05) is 11.6 Å². The van der Waals surface area contributed by atoms with Gasteiger partial charge in [-0.15, -0.1) is 0 Å². The van der Waals surface area contributed by atoms with Crippen molar-refractivity contribution in [1.82, 2.24) is 10.0 Å². The zero-order chi connectivity index (χ0) is 14.8. The first-order chi connectivity index (χ1) is 9.46. The van der Waals surface area contributed by atoms with Gasteiger partial charge in [-0.25, -0.2) is 13.1 Å². The fourth-order valence-corrected chi connectivity index (χ4v) is 3.68. The van der Waals surface area contributed by atoms with Crippen LogP contribution >= 0.6 is 11.6 Å². The Morgan fingerprint density at radius 2 is 2.10 bits per heavy atom. The molecule has 0 bridgehead atoms. The number of hydrogen-bond donors (Lipinski definition) is 2. The maximum absolute atomic E-state index is 12.3. The molecule has 0 radical (unpaired) electrons. The summed E-state index contributed by atoms with van der Waals surface area (Å²) in [5, 5.41) is 3.52. The van der Waals surface area contributed by atoms with E-state index in [-0.39, 0.29) is 17.0 Å². The second-order valence-corrected chi connectivity index (χ2v) is 7.05. The highest BCUT2D eigenvalue weighted by atomic mass is 35.5. The predicted octanol–water partition coefficient (Wildman–Crippen LogP) is 1.52. The molecule has 2 N–H and O–H groups in total. The summed E-state index contributed by atoms with van der Waals surface area (Å²) in [5.41, 5.74) is 0.764. The Morgan fingerprint density at radius 3 is 2.70 bits per heavy atom. The van der Waals surface area contributed by atoms with Gasteiger partial charge in [0.05, 0.1) is 11.0 Å². The molecule has 0 unspecified atom stereocenters. The number of rotatable bonds is 6. The minimum Gasteiger partial charge on any atom is -0.381 e. The number of halogens is 1. The van der Waals surface area contributed by atoms with Crippen LogP contribution in [0.5, 0.6) is 0 Å². The summed E-state index contributed by atoms with van der Waals surface area (Å²) in [4.78, 5) is 0.244. The monoisotopic (exact) mass is 318 g/mol. The van der Waals surface area contributed by atoms with Gasteiger partial charge in [0.2, 0.25) is 10.0 Å². The molecular weight excluding hydrogens is 300 g/mol. The predicted molar refractivity (Wildman–Crippen MR) is 78.4 cm³/mol. The molecule has 1 fully saturated rings. The molecule has 0 heterocycles. The van der Waals surface area contributed by atoms with E-state index >= 15 is 0 Å². The normalized spacial score (nSPS) is 22.6. The summed E-state index contributed by atoms with van der Waals surface area (Å²) in [7, 11) is -0.0773. The summed E-state index contributed by atoms with van der Waals surface area (Å²) in [5.74, 6) is 0. The molecule has 20 heavy (non-hydrogen) atoms. The van der Waals surface area contributed by atoms with Crippen molar-refractivity contribution < 1.29 is 13.2 Å². The fraction of sp³-hybridized carbons (Fsp3) is 0.538. The van der Waals surface area contributed by atoms with Gasteiger partial charge < -0.3 is 10.1 Å². The van der Waals surface area contributed by atoms with Crippen molar-refractivity contribution in [3.8, 4) is 0 Å². The molecule has 0 spiro atoms. The molecule has 1 aromatic rings. The van der Waals surface area contributed by atoms with Crippen LogP contribution in [-0.4, -0.2) is 34.7 Å². The quantitative estimate of drug-likeness (QED) is 0.834. The van der Waals surface area contributed by atoms with Gasteiger partial charge in [0.1, 0.15) is 0 Å². The van der Waals surface area contributed by atoms with Crippen LogP contribution in [0.25, 0.3) is 0 Å². The molecule has 0 aliphatic heterocycles. The topological polar surface area (TPSA) is 67.4 Å². The van der Waals surface area contributed by atoms with Crippen molar-refractivity contribution in [1.29, 1.82) is 0 Å². The molecule has 0 amide bonds. The first-order valence-corrected chi connectivity index (χ1v) is 8.30. The third-order valence-electron chi connectivity index (χ3n) is 3.44. The summed E-state index contributed by atoms with van der Waals surface area (Å²) in [6.07, 6.45) is 1.59. The van der Waals surface area contributed by atoms with Gasteiger partial charge in [0.25, 0.3) is 0 Å². The molecule has 0 aromatic heterocycles. The Hall–Kier alpha value is -0.660. The lowest BCUT2D eigenvalue weighted by molar-refractivity contribution is 0.0236. The fourth-order valence-electron chi connectivity index (χ4n) is 2.19. The molecule has 1 aliphatic carbocycles. The Bertz CT molecular complexity index is 571. The van der Waals surface area contributed by atoms with E-state index < -0.39 is 10.0 Å². The average molecular weight is 319 g/mol. The van der Waals surface area contributed by atoms with Crippen molar-refractivity contribution >= 4 is 21.6 Å². The number of sulfonamides is 1. The smallest absolute Gasteiger partial charge is 0.240 e. The summed E-state index contributed by atoms with van der Waals surface area (Å²) >= 11 is 6.04. The molecule has 1 aliphatic rings. The molecule has 112 valence electrons. The van der Waals surface area contributed by atoms with E-state index in [0.29, 0.717) is 24.4 Å². The van der Waals surface area contributed by atoms with Crippen LogP contribution in [0.4, 0.5) is 0 Å². The van der Waals surface area contributed by atoms with Crippen molar-refractivity contribution in [2.45, 2.75) is 36.4 Å². The highest BCUT2D eigenvalue weighted by Gasteiger charge is 2.32. The minimum atomic E-state index is -3.50. The van der Waals surface area contributed by atoms with Crippen molar-refractivity contribution in [3.05, 3.63) is 28.8 Å². The summed E-state index contributed by atoms with van der Waals surface area (Å²) in [6, 6.07) is 4.69. The van der Waals surface area contributed by atoms with Crippen LogP contribution in [0.2, 0.25) is 5.02 Å². The molecule has 1 aromatic carbocycles. The van der Waals surface area contributed by atoms with E-state index in [1.807, 2.05) is 0 Å². The van der Waals surface area contributed by atoms with E-state index in [2.05, 4.69) is 10.0 Å². The van der Waals surface area contributed by atoms with Gasteiger partial charge in [-0.2, -0.15) is 0 Å². The zero-order valence-electron chi connectivity index (χ0n) is 11.5. The molecule has 2 rings (SSSR count). The molecular formula is C13H19ClN2O3S. The van der Waals surface area contributed by atoms with Gasteiger partial charge in [-0.05, 0) is 43.7 Å².